The number of fused-ring (bicyclic) bond motifs is 1. The fourth-order valence-electron chi connectivity index (χ4n) is 4.15. The van der Waals surface area contributed by atoms with Gasteiger partial charge in [0.2, 0.25) is 5.91 Å². The second kappa shape index (κ2) is 10.8. The lowest BCUT2D eigenvalue weighted by Gasteiger charge is -2.35. The minimum Gasteiger partial charge on any atom is -0.490 e. The van der Waals surface area contributed by atoms with Gasteiger partial charge in [0, 0.05) is 25.9 Å². The molecule has 0 aliphatic carbocycles. The van der Waals surface area contributed by atoms with Crippen LogP contribution in [0.1, 0.15) is 42.9 Å². The van der Waals surface area contributed by atoms with Crippen LogP contribution < -0.4 is 10.1 Å². The molecule has 184 valence electrons. The van der Waals surface area contributed by atoms with Gasteiger partial charge in [0.25, 0.3) is 5.91 Å². The largest absolute Gasteiger partial charge is 0.490 e. The first kappa shape index (κ1) is 24.5. The highest BCUT2D eigenvalue weighted by Crippen LogP contribution is 2.21. The van der Waals surface area contributed by atoms with Crippen LogP contribution in [0.5, 0.6) is 5.75 Å². The van der Waals surface area contributed by atoms with Crippen molar-refractivity contribution in [2.24, 2.45) is 5.92 Å². The Kier molecular flexibility index (Phi) is 7.55. The van der Waals surface area contributed by atoms with E-state index < -0.39 is 18.6 Å². The normalized spacial score (nSPS) is 15.3. The van der Waals surface area contributed by atoms with E-state index in [1.54, 1.807) is 41.3 Å². The average molecular weight is 481 g/mol. The van der Waals surface area contributed by atoms with Crippen molar-refractivity contribution in [1.29, 1.82) is 0 Å². The first-order chi connectivity index (χ1) is 16.9. The summed E-state index contributed by atoms with van der Waals surface area (Å²) in [5.74, 6) is -0.604. The summed E-state index contributed by atoms with van der Waals surface area (Å²) in [6.07, 6.45) is 1.19. The van der Waals surface area contributed by atoms with Crippen LogP contribution in [-0.4, -0.2) is 57.0 Å². The standard InChI is InChI=1S/C26H29FN4O4/c1-16(2)23(30-25(33)24-22(15-32)28-20-5-3-4-6-21(20)29-24)26(34)31-13-11-19(12-14-31)35-18-9-7-17(27)8-10-18/h3-10,16,19,23,32H,11-15H2,1-2H3,(H,30,33)/t23-/m0/s1. The zero-order valence-corrected chi connectivity index (χ0v) is 19.8. The van der Waals surface area contributed by atoms with Crippen LogP contribution >= 0.6 is 0 Å². The maximum Gasteiger partial charge on any atom is 0.272 e. The molecular weight excluding hydrogens is 451 g/mol. The zero-order valence-electron chi connectivity index (χ0n) is 19.8. The number of nitrogens with zero attached hydrogens (tertiary/aromatic N) is 3. The Labute approximate surface area is 203 Å². The number of hydrogen-bond donors (Lipinski definition) is 2. The lowest BCUT2D eigenvalue weighted by molar-refractivity contribution is -0.136. The number of nitrogens with one attached hydrogen (secondary N) is 1. The molecule has 1 saturated heterocycles. The lowest BCUT2D eigenvalue weighted by atomic mass is 10.00. The van der Waals surface area contributed by atoms with Gasteiger partial charge < -0.3 is 20.1 Å². The van der Waals surface area contributed by atoms with Crippen LogP contribution in [-0.2, 0) is 11.4 Å². The molecule has 0 unspecified atom stereocenters. The number of ether oxygens (including phenoxy) is 1. The van der Waals surface area contributed by atoms with Crippen molar-refractivity contribution < 1.29 is 23.8 Å². The number of amides is 2. The molecule has 3 aromatic rings. The smallest absolute Gasteiger partial charge is 0.272 e. The molecule has 1 aliphatic heterocycles. The number of rotatable bonds is 7. The molecule has 0 saturated carbocycles. The highest BCUT2D eigenvalue weighted by Gasteiger charge is 2.32. The van der Waals surface area contributed by atoms with Crippen molar-refractivity contribution in [3.8, 4) is 5.75 Å². The van der Waals surface area contributed by atoms with E-state index in [1.807, 2.05) is 13.8 Å². The van der Waals surface area contributed by atoms with E-state index in [2.05, 4.69) is 15.3 Å². The number of aromatic nitrogens is 2. The summed E-state index contributed by atoms with van der Waals surface area (Å²) in [4.78, 5) is 36.9. The molecule has 0 spiro atoms. The van der Waals surface area contributed by atoms with Gasteiger partial charge >= 0.3 is 0 Å². The predicted octanol–water partition coefficient (Wildman–Crippen LogP) is 3.09. The van der Waals surface area contributed by atoms with Crippen LogP contribution in [0.3, 0.4) is 0 Å². The number of piperidine rings is 1. The predicted molar refractivity (Wildman–Crippen MR) is 128 cm³/mol. The zero-order chi connectivity index (χ0) is 24.9. The Balaban J connectivity index is 1.41. The minimum absolute atomic E-state index is 0.0102. The van der Waals surface area contributed by atoms with E-state index in [-0.39, 0.29) is 35.1 Å². The second-order valence-electron chi connectivity index (χ2n) is 8.96. The summed E-state index contributed by atoms with van der Waals surface area (Å²) in [5.41, 5.74) is 1.28. The van der Waals surface area contributed by atoms with E-state index in [0.29, 0.717) is 42.7 Å². The van der Waals surface area contributed by atoms with E-state index in [1.165, 1.54) is 12.1 Å². The third kappa shape index (κ3) is 5.74. The van der Waals surface area contributed by atoms with Crippen molar-refractivity contribution in [3.05, 3.63) is 65.7 Å². The SMILES string of the molecule is CC(C)[C@H](NC(=O)c1nc2ccccc2nc1CO)C(=O)N1CCC(Oc2ccc(F)cc2)CC1. The van der Waals surface area contributed by atoms with Crippen LogP contribution in [0.25, 0.3) is 11.0 Å². The van der Waals surface area contributed by atoms with E-state index in [0.717, 1.165) is 0 Å². The highest BCUT2D eigenvalue weighted by atomic mass is 19.1. The monoisotopic (exact) mass is 480 g/mol. The molecule has 2 amide bonds. The van der Waals surface area contributed by atoms with Gasteiger partial charge in [-0.15, -0.1) is 0 Å². The molecule has 0 bridgehead atoms. The molecule has 1 atom stereocenters. The van der Waals surface area contributed by atoms with Crippen LogP contribution in [0.2, 0.25) is 0 Å². The third-order valence-corrected chi connectivity index (χ3v) is 6.10. The van der Waals surface area contributed by atoms with Gasteiger partial charge in [0.05, 0.1) is 23.3 Å². The summed E-state index contributed by atoms with van der Waals surface area (Å²) in [6, 6.07) is 12.2. The average Bonchev–Trinajstić information content (AvgIpc) is 2.87. The van der Waals surface area contributed by atoms with Crippen LogP contribution in [0.4, 0.5) is 4.39 Å². The van der Waals surface area contributed by atoms with E-state index >= 15 is 0 Å². The number of benzene rings is 2. The van der Waals surface area contributed by atoms with E-state index in [4.69, 9.17) is 4.74 Å². The van der Waals surface area contributed by atoms with Crippen molar-refractivity contribution in [2.45, 2.75) is 45.4 Å². The Morgan fingerprint density at radius 2 is 1.71 bits per heavy atom. The number of para-hydroxylation sites is 2. The molecule has 1 aliphatic rings. The number of hydrogen-bond acceptors (Lipinski definition) is 6. The molecule has 0 radical (unpaired) electrons. The Hall–Kier alpha value is -3.59. The van der Waals surface area contributed by atoms with Crippen molar-refractivity contribution >= 4 is 22.8 Å². The molecule has 4 rings (SSSR count). The molecule has 1 aromatic heterocycles. The topological polar surface area (TPSA) is 105 Å². The fourth-order valence-corrected chi connectivity index (χ4v) is 4.15. The number of aliphatic hydroxyl groups is 1. The van der Waals surface area contributed by atoms with Gasteiger partial charge in [-0.1, -0.05) is 26.0 Å². The molecule has 9 heteroatoms. The van der Waals surface area contributed by atoms with Crippen LogP contribution in [0.15, 0.2) is 48.5 Å². The lowest BCUT2D eigenvalue weighted by Crippen LogP contribution is -2.54. The quantitative estimate of drug-likeness (QED) is 0.539. The number of halogens is 1. The molecule has 8 nitrogen and oxygen atoms in total. The van der Waals surface area contributed by atoms with Gasteiger partial charge in [-0.25, -0.2) is 14.4 Å². The maximum absolute atomic E-state index is 13.3. The number of carbonyl (C=O) groups excluding carboxylic acids is 2. The molecule has 1 fully saturated rings. The fraction of sp³-hybridized carbons (Fsp3) is 0.385. The Morgan fingerprint density at radius 3 is 2.31 bits per heavy atom. The molecule has 35 heavy (non-hydrogen) atoms. The molecular formula is C26H29FN4O4. The van der Waals surface area contributed by atoms with Gasteiger partial charge in [-0.2, -0.15) is 0 Å². The van der Waals surface area contributed by atoms with E-state index in [9.17, 15) is 19.1 Å². The molecule has 2 heterocycles. The number of likely N-dealkylation sites (tertiary alicyclic amines) is 1. The van der Waals surface area contributed by atoms with Crippen molar-refractivity contribution in [2.75, 3.05) is 13.1 Å². The summed E-state index contributed by atoms with van der Waals surface area (Å²) >= 11 is 0. The molecule has 2 N–H and O–H groups in total. The highest BCUT2D eigenvalue weighted by molar-refractivity contribution is 5.98. The first-order valence-corrected chi connectivity index (χ1v) is 11.7. The van der Waals surface area contributed by atoms with Gasteiger partial charge in [0.15, 0.2) is 5.69 Å². The summed E-state index contributed by atoms with van der Waals surface area (Å²) in [5, 5.41) is 12.6. The van der Waals surface area contributed by atoms with Crippen LogP contribution in [0, 0.1) is 11.7 Å². The number of carbonyl (C=O) groups is 2. The summed E-state index contributed by atoms with van der Waals surface area (Å²) in [6.45, 7) is 4.27. The Bertz CT molecular complexity index is 1190. The van der Waals surface area contributed by atoms with Gasteiger partial charge in [-0.3, -0.25) is 9.59 Å². The summed E-state index contributed by atoms with van der Waals surface area (Å²) in [7, 11) is 0. The van der Waals surface area contributed by atoms with Gasteiger partial charge in [0.1, 0.15) is 23.7 Å². The van der Waals surface area contributed by atoms with Crippen molar-refractivity contribution in [3.63, 3.8) is 0 Å². The van der Waals surface area contributed by atoms with Crippen molar-refractivity contribution in [1.82, 2.24) is 20.2 Å². The Morgan fingerprint density at radius 1 is 1.09 bits per heavy atom. The number of aliphatic hydroxyl groups excluding tert-OH is 1. The second-order valence-corrected chi connectivity index (χ2v) is 8.96. The molecule has 2 aromatic carbocycles. The van der Waals surface area contributed by atoms with Gasteiger partial charge in [-0.05, 0) is 42.3 Å². The maximum atomic E-state index is 13.3. The summed E-state index contributed by atoms with van der Waals surface area (Å²) < 4.78 is 19.0. The minimum atomic E-state index is -0.753. The third-order valence-electron chi connectivity index (χ3n) is 6.10. The first-order valence-electron chi connectivity index (χ1n) is 11.7.